The molecule has 0 amide bonds. The first-order chi connectivity index (χ1) is 15.9. The van der Waals surface area contributed by atoms with Crippen molar-refractivity contribution in [2.75, 3.05) is 39.8 Å². The van der Waals surface area contributed by atoms with Crippen molar-refractivity contribution in [2.45, 2.75) is 11.3 Å². The molecule has 1 saturated heterocycles. The summed E-state index contributed by atoms with van der Waals surface area (Å²) in [6.07, 6.45) is 0.522. The Labute approximate surface area is 201 Å². The molecule has 4 rings (SSSR count). The monoisotopic (exact) mass is 487 g/mol. The largest absolute Gasteiger partial charge is 0.457 e. The van der Waals surface area contributed by atoms with Gasteiger partial charge in [-0.3, -0.25) is 0 Å². The molecule has 0 spiro atoms. The molecular formula is C25H30ClN3O3S. The van der Waals surface area contributed by atoms with Crippen LogP contribution in [0.2, 0.25) is 5.02 Å². The van der Waals surface area contributed by atoms with Crippen LogP contribution in [0.25, 0.3) is 0 Å². The van der Waals surface area contributed by atoms with Crippen molar-refractivity contribution in [3.05, 3.63) is 89.4 Å². The number of hydrogen-bond acceptors (Lipinski definition) is 5. The lowest BCUT2D eigenvalue weighted by Crippen LogP contribution is -2.40. The van der Waals surface area contributed by atoms with Crippen molar-refractivity contribution in [1.29, 1.82) is 0 Å². The molecule has 33 heavy (non-hydrogen) atoms. The Morgan fingerprint density at radius 2 is 1.52 bits per heavy atom. The Morgan fingerprint density at radius 3 is 2.12 bits per heavy atom. The highest BCUT2D eigenvalue weighted by molar-refractivity contribution is 7.89. The van der Waals surface area contributed by atoms with Gasteiger partial charge in [-0.1, -0.05) is 48.0 Å². The minimum atomic E-state index is -3.58. The third-order valence-electron chi connectivity index (χ3n) is 5.10. The normalized spacial score (nSPS) is 14.2. The third kappa shape index (κ3) is 8.46. The Hall–Kier alpha value is -2.42. The summed E-state index contributed by atoms with van der Waals surface area (Å²) in [5.41, 5.74) is 0.906. The van der Waals surface area contributed by atoms with Crippen molar-refractivity contribution in [3.8, 4) is 11.5 Å². The van der Waals surface area contributed by atoms with Crippen LogP contribution in [-0.2, 0) is 16.4 Å². The minimum Gasteiger partial charge on any atom is -0.457 e. The van der Waals surface area contributed by atoms with Crippen LogP contribution in [0, 0.1) is 0 Å². The van der Waals surface area contributed by atoms with Crippen LogP contribution >= 0.6 is 11.6 Å². The fourth-order valence-corrected chi connectivity index (χ4v) is 4.45. The van der Waals surface area contributed by atoms with E-state index >= 15 is 0 Å². The number of ether oxygens (including phenoxy) is 1. The van der Waals surface area contributed by atoms with E-state index in [4.69, 9.17) is 16.3 Å². The van der Waals surface area contributed by atoms with Crippen LogP contribution in [0.3, 0.4) is 0 Å². The first-order valence-corrected chi connectivity index (χ1v) is 12.8. The van der Waals surface area contributed by atoms with Gasteiger partial charge in [-0.15, -0.1) is 0 Å². The molecule has 8 heteroatoms. The van der Waals surface area contributed by atoms with Gasteiger partial charge in [0.05, 0.1) is 4.90 Å². The zero-order valence-corrected chi connectivity index (χ0v) is 20.3. The number of piperazine rings is 1. The third-order valence-corrected chi connectivity index (χ3v) is 6.94. The number of likely N-dealkylation sites (N-methyl/N-ethyl adjacent to an activating group) is 1. The van der Waals surface area contributed by atoms with Crippen LogP contribution in [0.5, 0.6) is 11.5 Å². The molecule has 1 heterocycles. The minimum absolute atomic E-state index is 0.192. The van der Waals surface area contributed by atoms with E-state index in [9.17, 15) is 8.42 Å². The maximum absolute atomic E-state index is 12.4. The molecule has 0 saturated carbocycles. The number of para-hydroxylation sites is 1. The van der Waals surface area contributed by atoms with Gasteiger partial charge >= 0.3 is 0 Å². The van der Waals surface area contributed by atoms with E-state index in [-0.39, 0.29) is 11.4 Å². The number of benzene rings is 3. The van der Waals surface area contributed by atoms with E-state index in [1.165, 1.54) is 25.2 Å². The SMILES string of the molecule is CN1CCNCC1.O=S(=O)(NCCc1ccccc1Cl)c1ccc(Oc2ccccc2)cc1. The van der Waals surface area contributed by atoms with Crippen molar-refractivity contribution < 1.29 is 13.2 Å². The molecule has 0 bridgehead atoms. The molecule has 1 fully saturated rings. The molecule has 0 radical (unpaired) electrons. The number of nitrogens with zero attached hydrogens (tertiary/aromatic N) is 1. The van der Waals surface area contributed by atoms with Gasteiger partial charge in [0.25, 0.3) is 0 Å². The Kier molecular flexibility index (Phi) is 9.72. The van der Waals surface area contributed by atoms with Gasteiger partial charge < -0.3 is 15.0 Å². The molecule has 0 aliphatic carbocycles. The van der Waals surface area contributed by atoms with Gasteiger partial charge in [0, 0.05) is 37.7 Å². The quantitative estimate of drug-likeness (QED) is 0.523. The van der Waals surface area contributed by atoms with Gasteiger partial charge in [0.2, 0.25) is 10.0 Å². The average Bonchev–Trinajstić information content (AvgIpc) is 2.82. The molecule has 6 nitrogen and oxygen atoms in total. The fraction of sp³-hybridized carbons (Fsp3) is 0.280. The highest BCUT2D eigenvalue weighted by atomic mass is 35.5. The van der Waals surface area contributed by atoms with E-state index in [0.29, 0.717) is 22.9 Å². The zero-order chi connectivity index (χ0) is 23.5. The number of hydrogen-bond donors (Lipinski definition) is 2. The number of rotatable bonds is 7. The van der Waals surface area contributed by atoms with Crippen LogP contribution in [-0.4, -0.2) is 53.1 Å². The zero-order valence-electron chi connectivity index (χ0n) is 18.7. The first kappa shape index (κ1) is 25.2. The molecule has 3 aromatic carbocycles. The molecule has 3 aromatic rings. The van der Waals surface area contributed by atoms with E-state index in [0.717, 1.165) is 18.7 Å². The second-order valence-electron chi connectivity index (χ2n) is 7.68. The Morgan fingerprint density at radius 1 is 0.909 bits per heavy atom. The summed E-state index contributed by atoms with van der Waals surface area (Å²) in [4.78, 5) is 2.52. The lowest BCUT2D eigenvalue weighted by atomic mass is 10.1. The van der Waals surface area contributed by atoms with Gasteiger partial charge in [0.1, 0.15) is 11.5 Å². The van der Waals surface area contributed by atoms with E-state index in [2.05, 4.69) is 22.0 Å². The highest BCUT2D eigenvalue weighted by Crippen LogP contribution is 2.22. The smallest absolute Gasteiger partial charge is 0.240 e. The van der Waals surface area contributed by atoms with Crippen molar-refractivity contribution in [2.24, 2.45) is 0 Å². The molecule has 0 aromatic heterocycles. The maximum atomic E-state index is 12.4. The summed E-state index contributed by atoms with van der Waals surface area (Å²) in [6, 6.07) is 23.0. The number of halogens is 1. The van der Waals surface area contributed by atoms with E-state index in [1.54, 1.807) is 18.2 Å². The summed E-state index contributed by atoms with van der Waals surface area (Å²) < 4.78 is 33.0. The summed E-state index contributed by atoms with van der Waals surface area (Å²) >= 11 is 6.08. The van der Waals surface area contributed by atoms with Crippen LogP contribution in [0.4, 0.5) is 0 Å². The van der Waals surface area contributed by atoms with Gasteiger partial charge in [-0.2, -0.15) is 0 Å². The Bertz CT molecular complexity index is 1090. The predicted octanol–water partition coefficient (Wildman–Crippen LogP) is 4.17. The summed E-state index contributed by atoms with van der Waals surface area (Å²) in [5.74, 6) is 1.27. The lowest BCUT2D eigenvalue weighted by molar-refractivity contribution is 0.291. The predicted molar refractivity (Wildman–Crippen MR) is 134 cm³/mol. The molecular weight excluding hydrogens is 458 g/mol. The second kappa shape index (κ2) is 12.7. The fourth-order valence-electron chi connectivity index (χ4n) is 3.19. The lowest BCUT2D eigenvalue weighted by Gasteiger charge is -2.21. The van der Waals surface area contributed by atoms with Crippen molar-refractivity contribution in [3.63, 3.8) is 0 Å². The molecule has 1 aliphatic rings. The summed E-state index contributed by atoms with van der Waals surface area (Å²) in [6.45, 7) is 5.02. The molecule has 2 N–H and O–H groups in total. The summed E-state index contributed by atoms with van der Waals surface area (Å²) in [7, 11) is -1.43. The average molecular weight is 488 g/mol. The van der Waals surface area contributed by atoms with Crippen LogP contribution in [0.15, 0.2) is 83.8 Å². The van der Waals surface area contributed by atoms with E-state index in [1.807, 2.05) is 48.5 Å². The maximum Gasteiger partial charge on any atom is 0.240 e. The second-order valence-corrected chi connectivity index (χ2v) is 9.85. The Balaban J connectivity index is 0.000000374. The molecule has 176 valence electrons. The van der Waals surface area contributed by atoms with E-state index < -0.39 is 10.0 Å². The number of nitrogens with one attached hydrogen (secondary N) is 2. The van der Waals surface area contributed by atoms with Crippen LogP contribution in [0.1, 0.15) is 5.56 Å². The molecule has 0 atom stereocenters. The molecule has 1 aliphatic heterocycles. The topological polar surface area (TPSA) is 70.7 Å². The van der Waals surface area contributed by atoms with Gasteiger partial charge in [-0.05, 0) is 61.5 Å². The highest BCUT2D eigenvalue weighted by Gasteiger charge is 2.14. The van der Waals surface area contributed by atoms with Gasteiger partial charge in [-0.25, -0.2) is 13.1 Å². The van der Waals surface area contributed by atoms with Gasteiger partial charge in [0.15, 0.2) is 0 Å². The number of sulfonamides is 1. The van der Waals surface area contributed by atoms with Crippen LogP contribution < -0.4 is 14.8 Å². The van der Waals surface area contributed by atoms with Crippen molar-refractivity contribution >= 4 is 21.6 Å². The first-order valence-electron chi connectivity index (χ1n) is 10.9. The summed E-state index contributed by atoms with van der Waals surface area (Å²) in [5, 5.41) is 3.91. The van der Waals surface area contributed by atoms with Crippen molar-refractivity contribution in [1.82, 2.24) is 14.9 Å². The standard InChI is InChI=1S/C20H18ClNO3S.C5H12N2/c21-20-9-5-4-6-16(20)14-15-22-26(23,24)19-12-10-18(11-13-19)25-17-7-2-1-3-8-17;1-7-4-2-6-3-5-7/h1-13,22H,14-15H2;6H,2-5H2,1H3. The molecule has 0 unspecified atom stereocenters.